The summed E-state index contributed by atoms with van der Waals surface area (Å²) in [5.74, 6) is -0.436. The molecule has 0 bridgehead atoms. The third kappa shape index (κ3) is 5.18. The van der Waals surface area contributed by atoms with Gasteiger partial charge in [-0.1, -0.05) is 24.3 Å². The van der Waals surface area contributed by atoms with Crippen LogP contribution < -0.4 is 15.8 Å². The van der Waals surface area contributed by atoms with Gasteiger partial charge >= 0.3 is 0 Å². The molecule has 142 valence electrons. The largest absolute Gasteiger partial charge is 0.507 e. The first-order valence-electron chi connectivity index (χ1n) is 8.24. The van der Waals surface area contributed by atoms with E-state index in [1.54, 1.807) is 0 Å². The molecule has 0 spiro atoms. The van der Waals surface area contributed by atoms with Crippen LogP contribution in [0.25, 0.3) is 0 Å². The summed E-state index contributed by atoms with van der Waals surface area (Å²) < 4.78 is 22.9. The van der Waals surface area contributed by atoms with Gasteiger partial charge in [-0.15, -0.1) is 0 Å². The van der Waals surface area contributed by atoms with Crippen molar-refractivity contribution in [1.82, 2.24) is 5.32 Å². The lowest BCUT2D eigenvalue weighted by molar-refractivity contribution is 0.175. The quantitative estimate of drug-likeness (QED) is 0.442. The summed E-state index contributed by atoms with van der Waals surface area (Å²) in [6, 6.07) is 9.96. The Labute approximate surface area is 153 Å². The molecule has 0 aromatic heterocycles. The van der Waals surface area contributed by atoms with Crippen molar-refractivity contribution >= 4 is 15.7 Å². The first-order valence-corrected chi connectivity index (χ1v) is 9.79. The van der Waals surface area contributed by atoms with Crippen LogP contribution in [-0.4, -0.2) is 38.3 Å². The number of aromatic hydroxyl groups is 1. The molecule has 7 nitrogen and oxygen atoms in total. The van der Waals surface area contributed by atoms with Crippen LogP contribution >= 0.6 is 0 Å². The highest BCUT2D eigenvalue weighted by atomic mass is 32.2. The first kappa shape index (κ1) is 20.2. The molecule has 0 saturated heterocycles. The fourth-order valence-corrected chi connectivity index (χ4v) is 3.35. The Balaban J connectivity index is 1.87. The van der Waals surface area contributed by atoms with Gasteiger partial charge in [0, 0.05) is 25.3 Å². The van der Waals surface area contributed by atoms with E-state index in [0.29, 0.717) is 18.7 Å². The smallest absolute Gasteiger partial charge is 0.241 e. The summed E-state index contributed by atoms with van der Waals surface area (Å²) in [5.41, 5.74) is 3.81. The Morgan fingerprint density at radius 1 is 1.12 bits per heavy atom. The number of hydrogen-bond donors (Lipinski definition) is 5. The predicted octanol–water partition coefficient (Wildman–Crippen LogP) is 1.39. The number of aryl methyl sites for hydroxylation is 2. The van der Waals surface area contributed by atoms with Gasteiger partial charge in [-0.25, -0.2) is 13.6 Å². The summed E-state index contributed by atoms with van der Waals surface area (Å²) in [6.45, 7) is 5.62. The first-order chi connectivity index (χ1) is 12.2. The van der Waals surface area contributed by atoms with Gasteiger partial charge in [-0.2, -0.15) is 0 Å². The summed E-state index contributed by atoms with van der Waals surface area (Å²) in [6.07, 6.45) is -0.920. The summed E-state index contributed by atoms with van der Waals surface area (Å²) in [7, 11) is -4.05. The average Bonchev–Trinajstić information content (AvgIpc) is 2.56. The maximum absolute atomic E-state index is 11.4. The highest BCUT2D eigenvalue weighted by Gasteiger charge is 2.17. The van der Waals surface area contributed by atoms with Crippen LogP contribution in [0.15, 0.2) is 41.3 Å². The molecule has 6 N–H and O–H groups in total. The lowest BCUT2D eigenvalue weighted by atomic mass is 10.1. The van der Waals surface area contributed by atoms with Gasteiger partial charge in [-0.05, 0) is 42.7 Å². The third-order valence-corrected chi connectivity index (χ3v) is 5.04. The molecule has 0 aliphatic rings. The molecule has 0 aliphatic carbocycles. The Kier molecular flexibility index (Phi) is 6.60. The number of sulfonamides is 1. The zero-order chi connectivity index (χ0) is 19.3. The predicted molar refractivity (Wildman–Crippen MR) is 102 cm³/mol. The van der Waals surface area contributed by atoms with Gasteiger partial charge in [0.25, 0.3) is 0 Å². The second-order valence-electron chi connectivity index (χ2n) is 6.19. The van der Waals surface area contributed by atoms with Gasteiger partial charge in [-0.3, -0.25) is 0 Å². The molecule has 2 rings (SSSR count). The summed E-state index contributed by atoms with van der Waals surface area (Å²) >= 11 is 0. The topological polar surface area (TPSA) is 125 Å². The maximum atomic E-state index is 11.4. The molecule has 0 aliphatic heterocycles. The van der Waals surface area contributed by atoms with Crippen molar-refractivity contribution in [1.29, 1.82) is 0 Å². The highest BCUT2D eigenvalue weighted by Crippen LogP contribution is 2.25. The van der Waals surface area contributed by atoms with Crippen molar-refractivity contribution in [3.63, 3.8) is 0 Å². The summed E-state index contributed by atoms with van der Waals surface area (Å²) in [5, 5.41) is 31.3. The van der Waals surface area contributed by atoms with Gasteiger partial charge in [0.05, 0.1) is 6.10 Å². The van der Waals surface area contributed by atoms with E-state index in [1.165, 1.54) is 29.3 Å². The number of aliphatic hydroxyl groups excluding tert-OH is 1. The number of phenolic OH excluding ortho intramolecular Hbond substituents is 1. The second-order valence-corrected chi connectivity index (χ2v) is 7.72. The minimum Gasteiger partial charge on any atom is -0.507 e. The summed E-state index contributed by atoms with van der Waals surface area (Å²) in [4.78, 5) is -0.397. The van der Waals surface area contributed by atoms with E-state index in [9.17, 15) is 18.6 Å². The molecule has 0 heterocycles. The zero-order valence-electron chi connectivity index (χ0n) is 14.9. The van der Waals surface area contributed by atoms with Crippen LogP contribution in [0.4, 0.5) is 5.69 Å². The number of nitrogens with one attached hydrogen (secondary N) is 2. The Bertz CT molecular complexity index is 848. The molecule has 2 aromatic carbocycles. The van der Waals surface area contributed by atoms with Crippen LogP contribution in [0.3, 0.4) is 0 Å². The molecule has 0 fully saturated rings. The van der Waals surface area contributed by atoms with E-state index in [-0.39, 0.29) is 6.54 Å². The van der Waals surface area contributed by atoms with Crippen LogP contribution in [-0.2, 0) is 10.0 Å². The molecule has 2 aromatic rings. The fourth-order valence-electron chi connectivity index (χ4n) is 2.69. The minimum atomic E-state index is -4.05. The molecule has 26 heavy (non-hydrogen) atoms. The van der Waals surface area contributed by atoms with Crippen molar-refractivity contribution in [3.8, 4) is 5.75 Å². The number of benzene rings is 2. The van der Waals surface area contributed by atoms with Crippen molar-refractivity contribution in [2.24, 2.45) is 5.14 Å². The molecule has 1 unspecified atom stereocenters. The van der Waals surface area contributed by atoms with E-state index in [2.05, 4.69) is 10.6 Å². The van der Waals surface area contributed by atoms with Crippen LogP contribution in [0.5, 0.6) is 5.75 Å². The number of nitrogens with two attached hydrogens (primary N) is 1. The van der Waals surface area contributed by atoms with Gasteiger partial charge in [0.15, 0.2) is 0 Å². The fraction of sp³-hybridized carbons (Fsp3) is 0.333. The van der Waals surface area contributed by atoms with E-state index < -0.39 is 26.8 Å². The van der Waals surface area contributed by atoms with E-state index in [0.717, 1.165) is 5.69 Å². The molecule has 0 amide bonds. The maximum Gasteiger partial charge on any atom is 0.241 e. The van der Waals surface area contributed by atoms with Crippen molar-refractivity contribution in [2.75, 3.05) is 25.0 Å². The van der Waals surface area contributed by atoms with E-state index in [1.807, 2.05) is 32.0 Å². The number of primary sulfonamides is 1. The lowest BCUT2D eigenvalue weighted by Crippen LogP contribution is -2.27. The van der Waals surface area contributed by atoms with Gasteiger partial charge in [0.1, 0.15) is 10.6 Å². The minimum absolute atomic E-state index is 0.239. The Morgan fingerprint density at radius 2 is 1.77 bits per heavy atom. The number of anilines is 1. The lowest BCUT2D eigenvalue weighted by Gasteiger charge is -2.15. The monoisotopic (exact) mass is 379 g/mol. The molecule has 0 radical (unpaired) electrons. The van der Waals surface area contributed by atoms with Crippen molar-refractivity contribution in [3.05, 3.63) is 53.1 Å². The second kappa shape index (κ2) is 8.50. The number of hydrogen-bond acceptors (Lipinski definition) is 6. The number of para-hydroxylation sites is 1. The Morgan fingerprint density at radius 3 is 2.38 bits per heavy atom. The number of aliphatic hydroxyl groups is 1. The number of rotatable bonds is 8. The number of phenols is 1. The third-order valence-electron chi connectivity index (χ3n) is 4.10. The van der Waals surface area contributed by atoms with E-state index in [4.69, 9.17) is 5.14 Å². The molecule has 8 heteroatoms. The molecule has 1 atom stereocenters. The zero-order valence-corrected chi connectivity index (χ0v) is 15.7. The molecule has 0 saturated carbocycles. The van der Waals surface area contributed by atoms with Gasteiger partial charge in [0.2, 0.25) is 10.0 Å². The van der Waals surface area contributed by atoms with Crippen molar-refractivity contribution < 1.29 is 18.6 Å². The average molecular weight is 379 g/mol. The molecular weight excluding hydrogens is 354 g/mol. The van der Waals surface area contributed by atoms with Crippen molar-refractivity contribution in [2.45, 2.75) is 24.8 Å². The van der Waals surface area contributed by atoms with Gasteiger partial charge < -0.3 is 20.8 Å². The standard InChI is InChI=1S/C18H25N3O4S/c1-12-4-3-5-13(2)18(12)21-9-8-20-11-16(23)14-6-7-15(22)17(10-14)26(19,24)25/h3-7,10,16,20-23H,8-9,11H2,1-2H3,(H2,19,24,25). The van der Waals surface area contributed by atoms with Crippen LogP contribution in [0, 0.1) is 13.8 Å². The SMILES string of the molecule is Cc1cccc(C)c1NCCNCC(O)c1ccc(O)c(S(N)(=O)=O)c1. The van der Waals surface area contributed by atoms with Crippen LogP contribution in [0.1, 0.15) is 22.8 Å². The van der Waals surface area contributed by atoms with Crippen LogP contribution in [0.2, 0.25) is 0 Å². The normalized spacial score (nSPS) is 12.8. The Hall–Kier alpha value is -2.13. The molecular formula is C18H25N3O4S. The van der Waals surface area contributed by atoms with E-state index >= 15 is 0 Å². The highest BCUT2D eigenvalue weighted by molar-refractivity contribution is 7.89.